The number of ether oxygens (including phenoxy) is 1. The van der Waals surface area contributed by atoms with Gasteiger partial charge in [-0.15, -0.1) is 11.3 Å². The monoisotopic (exact) mass is 631 g/mol. The molecule has 1 heterocycles. The number of aliphatic hydroxyl groups is 1. The minimum atomic E-state index is -1.62. The van der Waals surface area contributed by atoms with Crippen LogP contribution in [0.1, 0.15) is 68.3 Å². The van der Waals surface area contributed by atoms with Crippen molar-refractivity contribution in [3.8, 4) is 10.4 Å². The van der Waals surface area contributed by atoms with E-state index >= 15 is 0 Å². The molecule has 1 unspecified atom stereocenters. The maximum Gasteiger partial charge on any atom is 0.408 e. The van der Waals surface area contributed by atoms with Crippen LogP contribution in [0.2, 0.25) is 0 Å². The van der Waals surface area contributed by atoms with Crippen LogP contribution >= 0.6 is 19.9 Å². The van der Waals surface area contributed by atoms with Crippen molar-refractivity contribution in [2.75, 3.05) is 27.4 Å². The number of nitrogens with one attached hydrogen (secondary N) is 1. The van der Waals surface area contributed by atoms with Crippen LogP contribution in [0, 0.1) is 0 Å². The van der Waals surface area contributed by atoms with E-state index in [1.54, 1.807) is 20.8 Å². The van der Waals surface area contributed by atoms with Crippen molar-refractivity contribution in [2.24, 2.45) is 0 Å². The van der Waals surface area contributed by atoms with Crippen LogP contribution in [-0.2, 0) is 31.1 Å². The summed E-state index contributed by atoms with van der Waals surface area (Å²) in [6, 6.07) is 22.0. The molecule has 8 nitrogen and oxygen atoms in total. The number of carbonyl (C=O) groups is 2. The average Bonchev–Trinajstić information content (AvgIpc) is 3.50. The van der Waals surface area contributed by atoms with Gasteiger partial charge >= 0.3 is 14.7 Å². The van der Waals surface area contributed by atoms with Gasteiger partial charge in [0, 0.05) is 25.5 Å². The third kappa shape index (κ3) is 12.5. The molecule has 43 heavy (non-hydrogen) atoms. The Kier molecular flexibility index (Phi) is 15.5. The van der Waals surface area contributed by atoms with Crippen LogP contribution in [0.25, 0.3) is 10.4 Å². The number of hydrogen-bond donors (Lipinski definition) is 2. The van der Waals surface area contributed by atoms with Crippen LogP contribution in [0.5, 0.6) is 0 Å². The fraction of sp³-hybridized carbons (Fsp3) is 0.455. The van der Waals surface area contributed by atoms with Gasteiger partial charge in [0.15, 0.2) is 5.78 Å². The molecule has 0 saturated carbocycles. The van der Waals surface area contributed by atoms with Crippen molar-refractivity contribution in [3.63, 3.8) is 0 Å². The Balaban J connectivity index is 0.00000316. The van der Waals surface area contributed by atoms with Crippen molar-refractivity contribution in [3.05, 3.63) is 82.7 Å². The minimum Gasteiger partial charge on any atom is -0.444 e. The SMILES string of the molecule is CC.COP(OC)OCC(CO)(CCc1ccc(-c2ccc(C(=O)CCc3ccccc3)s2)cc1)NC(=O)OC(C)(C)C. The van der Waals surface area contributed by atoms with Gasteiger partial charge in [0.25, 0.3) is 0 Å². The topological polar surface area (TPSA) is 103 Å². The van der Waals surface area contributed by atoms with Gasteiger partial charge in [0.05, 0.1) is 23.6 Å². The molecule has 3 aromatic rings. The molecule has 2 N–H and O–H groups in total. The third-order valence-electron chi connectivity index (χ3n) is 6.31. The molecule has 1 amide bonds. The molecule has 0 fully saturated rings. The van der Waals surface area contributed by atoms with Crippen LogP contribution in [-0.4, -0.2) is 55.6 Å². The van der Waals surface area contributed by atoms with E-state index in [0.29, 0.717) is 19.3 Å². The zero-order valence-corrected chi connectivity index (χ0v) is 28.1. The number of alkyl carbamates (subject to hydrolysis) is 1. The van der Waals surface area contributed by atoms with Gasteiger partial charge in [-0.25, -0.2) is 4.79 Å². The van der Waals surface area contributed by atoms with E-state index in [4.69, 9.17) is 18.3 Å². The zero-order valence-electron chi connectivity index (χ0n) is 26.3. The van der Waals surface area contributed by atoms with Crippen LogP contribution in [0.3, 0.4) is 0 Å². The summed E-state index contributed by atoms with van der Waals surface area (Å²) in [7, 11) is 1.32. The molecule has 10 heteroatoms. The molecule has 0 saturated heterocycles. The number of aryl methyl sites for hydroxylation is 2. The summed E-state index contributed by atoms with van der Waals surface area (Å²) in [5.41, 5.74) is 1.40. The number of Topliss-reactive ketones (excluding diaryl/α,β-unsaturated/α-hetero) is 1. The number of amides is 1. The Labute approximate surface area is 261 Å². The highest BCUT2D eigenvalue weighted by molar-refractivity contribution is 7.41. The van der Waals surface area contributed by atoms with Crippen molar-refractivity contribution in [1.82, 2.24) is 5.32 Å². The van der Waals surface area contributed by atoms with Crippen molar-refractivity contribution in [1.29, 1.82) is 0 Å². The van der Waals surface area contributed by atoms with E-state index in [0.717, 1.165) is 32.9 Å². The number of ketones is 1. The van der Waals surface area contributed by atoms with E-state index in [1.165, 1.54) is 25.6 Å². The number of aliphatic hydroxyl groups excluding tert-OH is 1. The second-order valence-electron chi connectivity index (χ2n) is 10.7. The highest BCUT2D eigenvalue weighted by Gasteiger charge is 2.35. The Bertz CT molecular complexity index is 1240. The lowest BCUT2D eigenvalue weighted by molar-refractivity contribution is 0.0281. The van der Waals surface area contributed by atoms with Gasteiger partial charge in [-0.2, -0.15) is 0 Å². The lowest BCUT2D eigenvalue weighted by Crippen LogP contribution is -2.55. The van der Waals surface area contributed by atoms with Crippen LogP contribution < -0.4 is 5.32 Å². The van der Waals surface area contributed by atoms with Gasteiger partial charge in [-0.3, -0.25) is 4.79 Å². The lowest BCUT2D eigenvalue weighted by Gasteiger charge is -2.34. The van der Waals surface area contributed by atoms with E-state index < -0.39 is 25.8 Å². The first kappa shape index (κ1) is 36.5. The molecule has 0 radical (unpaired) electrons. The Morgan fingerprint density at radius 2 is 1.51 bits per heavy atom. The largest absolute Gasteiger partial charge is 0.444 e. The summed E-state index contributed by atoms with van der Waals surface area (Å²) in [6.45, 7) is 8.94. The molecular weight excluding hydrogens is 585 g/mol. The van der Waals surface area contributed by atoms with Gasteiger partial charge in [0.2, 0.25) is 0 Å². The third-order valence-corrected chi connectivity index (χ3v) is 8.42. The molecule has 2 aromatic carbocycles. The maximum absolute atomic E-state index is 12.7. The Morgan fingerprint density at radius 3 is 2.09 bits per heavy atom. The molecule has 0 bridgehead atoms. The van der Waals surface area contributed by atoms with Crippen molar-refractivity contribution in [2.45, 2.75) is 71.4 Å². The second kappa shape index (κ2) is 18.2. The molecule has 0 aliphatic carbocycles. The average molecular weight is 632 g/mol. The van der Waals surface area contributed by atoms with Crippen LogP contribution in [0.15, 0.2) is 66.7 Å². The van der Waals surface area contributed by atoms with Crippen molar-refractivity contribution >= 4 is 31.8 Å². The van der Waals surface area contributed by atoms with Crippen LogP contribution in [0.4, 0.5) is 4.79 Å². The van der Waals surface area contributed by atoms with E-state index in [-0.39, 0.29) is 19.0 Å². The Morgan fingerprint density at radius 1 is 0.884 bits per heavy atom. The molecule has 236 valence electrons. The minimum absolute atomic E-state index is 0.0233. The first-order valence-corrected chi connectivity index (χ1v) is 16.4. The van der Waals surface area contributed by atoms with E-state index in [9.17, 15) is 14.7 Å². The van der Waals surface area contributed by atoms with Gasteiger partial charge in [-0.05, 0) is 68.9 Å². The molecule has 1 atom stereocenters. The summed E-state index contributed by atoms with van der Waals surface area (Å²) in [5.74, 6) is 0.146. The first-order valence-electron chi connectivity index (χ1n) is 14.5. The molecule has 1 aromatic heterocycles. The van der Waals surface area contributed by atoms with Gasteiger partial charge in [-0.1, -0.05) is 68.4 Å². The van der Waals surface area contributed by atoms with Gasteiger partial charge < -0.3 is 28.7 Å². The maximum atomic E-state index is 12.7. The van der Waals surface area contributed by atoms with Gasteiger partial charge in [0.1, 0.15) is 5.60 Å². The smallest absolute Gasteiger partial charge is 0.408 e. The van der Waals surface area contributed by atoms with Crippen molar-refractivity contribution < 1.29 is 33.0 Å². The number of thiophene rings is 1. The summed E-state index contributed by atoms with van der Waals surface area (Å²) in [6.07, 6.45) is 1.51. The fourth-order valence-corrected chi connectivity index (χ4v) is 5.79. The summed E-state index contributed by atoms with van der Waals surface area (Å²) in [5, 5.41) is 13.2. The van der Waals surface area contributed by atoms with E-state index in [1.807, 2.05) is 80.6 Å². The highest BCUT2D eigenvalue weighted by atomic mass is 32.1. The second-order valence-corrected chi connectivity index (χ2v) is 13.2. The summed E-state index contributed by atoms with van der Waals surface area (Å²) in [4.78, 5) is 27.1. The standard InChI is InChI=1S/C31H40NO7PS.C2H6/c1-30(2,3)39-29(35)32-31(21-33,22-38-40(36-4)37-5)20-19-24-11-14-25(15-12-24)27-17-18-28(41-27)26(34)16-13-23-9-7-6-8-10-23;1-2/h6-12,14-15,17-18,33H,13,16,19-22H2,1-5H3,(H,32,35);1-2H3. The number of carbonyl (C=O) groups excluding carboxylic acids is 2. The predicted molar refractivity (Wildman–Crippen MR) is 175 cm³/mol. The first-order chi connectivity index (χ1) is 20.6. The predicted octanol–water partition coefficient (Wildman–Crippen LogP) is 7.98. The number of benzene rings is 2. The zero-order chi connectivity index (χ0) is 31.9. The summed E-state index contributed by atoms with van der Waals surface area (Å²) < 4.78 is 21.5. The number of hydrogen-bond acceptors (Lipinski definition) is 8. The fourth-order valence-electron chi connectivity index (χ4n) is 4.10. The number of rotatable bonds is 15. The molecule has 0 aliphatic rings. The molecule has 0 aliphatic heterocycles. The molecular formula is C33H46NO7PS. The lowest BCUT2D eigenvalue weighted by atomic mass is 9.92. The highest BCUT2D eigenvalue weighted by Crippen LogP contribution is 2.38. The molecule has 0 spiro atoms. The molecule has 3 rings (SSSR count). The van der Waals surface area contributed by atoms with E-state index in [2.05, 4.69) is 5.32 Å². The Hall–Kier alpha value is -2.65. The summed E-state index contributed by atoms with van der Waals surface area (Å²) >= 11 is 1.50. The normalized spacial score (nSPS) is 12.7. The quantitative estimate of drug-likeness (QED) is 0.129.